The van der Waals surface area contributed by atoms with Gasteiger partial charge in [0.25, 0.3) is 5.91 Å². The molecule has 3 rings (SSSR count). The Kier molecular flexibility index (Phi) is 4.97. The lowest BCUT2D eigenvalue weighted by Gasteiger charge is -2.25. The molecule has 1 saturated heterocycles. The molecule has 26 heavy (non-hydrogen) atoms. The van der Waals surface area contributed by atoms with Crippen LogP contribution in [0.2, 0.25) is 0 Å². The van der Waals surface area contributed by atoms with E-state index in [-0.39, 0.29) is 5.91 Å². The van der Waals surface area contributed by atoms with Gasteiger partial charge < -0.3 is 19.2 Å². The highest BCUT2D eigenvalue weighted by molar-refractivity contribution is 5.87. The summed E-state index contributed by atoms with van der Waals surface area (Å²) in [7, 11) is 0. The van der Waals surface area contributed by atoms with Crippen LogP contribution in [0.3, 0.4) is 0 Å². The zero-order valence-electron chi connectivity index (χ0n) is 14.7. The van der Waals surface area contributed by atoms with Gasteiger partial charge in [0.05, 0.1) is 0 Å². The summed E-state index contributed by atoms with van der Waals surface area (Å²) in [6, 6.07) is 5.76. The van der Waals surface area contributed by atoms with Gasteiger partial charge in [0, 0.05) is 24.1 Å². The van der Waals surface area contributed by atoms with Crippen LogP contribution >= 0.6 is 0 Å². The summed E-state index contributed by atoms with van der Waals surface area (Å²) in [5.41, 5.74) is 0.848. The molecular formula is C19H21NO6. The topological polar surface area (TPSA) is 97.0 Å². The highest BCUT2D eigenvalue weighted by Crippen LogP contribution is 2.25. The number of rotatable bonds is 5. The minimum absolute atomic E-state index is 0.362. The number of hydrogen-bond acceptors (Lipinski definition) is 5. The van der Waals surface area contributed by atoms with Gasteiger partial charge in [-0.05, 0) is 43.9 Å². The second-order valence-electron chi connectivity index (χ2n) is 6.39. The van der Waals surface area contributed by atoms with Gasteiger partial charge >= 0.3 is 11.6 Å². The summed E-state index contributed by atoms with van der Waals surface area (Å²) in [6.07, 6.45) is 0.974. The van der Waals surface area contributed by atoms with Crippen LogP contribution in [0.5, 0.6) is 5.75 Å². The van der Waals surface area contributed by atoms with E-state index in [1.807, 2.05) is 6.92 Å². The Morgan fingerprint density at radius 1 is 1.38 bits per heavy atom. The smallest absolute Gasteiger partial charge is 0.336 e. The summed E-state index contributed by atoms with van der Waals surface area (Å²) in [5, 5.41) is 10.0. The van der Waals surface area contributed by atoms with Crippen LogP contribution in [0.25, 0.3) is 11.0 Å². The van der Waals surface area contributed by atoms with Crippen molar-refractivity contribution in [3.63, 3.8) is 0 Å². The van der Waals surface area contributed by atoms with Crippen molar-refractivity contribution >= 4 is 22.8 Å². The maximum atomic E-state index is 12.5. The van der Waals surface area contributed by atoms with Crippen LogP contribution in [0.15, 0.2) is 33.5 Å². The van der Waals surface area contributed by atoms with Crippen LogP contribution < -0.4 is 10.4 Å². The van der Waals surface area contributed by atoms with E-state index in [9.17, 15) is 19.5 Å². The molecular weight excluding hydrogens is 338 g/mol. The van der Waals surface area contributed by atoms with Crippen LogP contribution in [0.1, 0.15) is 32.3 Å². The Hall–Kier alpha value is -2.83. The number of ether oxygens (including phenoxy) is 1. The number of benzene rings is 1. The van der Waals surface area contributed by atoms with E-state index >= 15 is 0 Å². The lowest BCUT2D eigenvalue weighted by atomic mass is 10.1. The van der Waals surface area contributed by atoms with Gasteiger partial charge in [0.2, 0.25) is 0 Å². The Labute approximate surface area is 150 Å². The van der Waals surface area contributed by atoms with Crippen LogP contribution in [-0.4, -0.2) is 40.6 Å². The molecule has 2 atom stereocenters. The predicted octanol–water partition coefficient (Wildman–Crippen LogP) is 2.20. The summed E-state index contributed by atoms with van der Waals surface area (Å²) < 4.78 is 10.9. The van der Waals surface area contributed by atoms with Crippen LogP contribution in [0.4, 0.5) is 0 Å². The third-order valence-electron chi connectivity index (χ3n) is 4.66. The SMILES string of the molecule is CCc1cc(=O)oc2cc(OC(C)C(=O)N3CCC[C@@H]3C(=O)O)ccc12. The van der Waals surface area contributed by atoms with Crippen molar-refractivity contribution in [2.75, 3.05) is 6.54 Å². The molecule has 1 aromatic carbocycles. The number of carboxylic acids is 1. The molecule has 138 valence electrons. The van der Waals surface area contributed by atoms with Crippen molar-refractivity contribution in [3.05, 3.63) is 40.2 Å². The maximum absolute atomic E-state index is 12.5. The van der Waals surface area contributed by atoms with Crippen molar-refractivity contribution in [3.8, 4) is 5.75 Å². The largest absolute Gasteiger partial charge is 0.481 e. The summed E-state index contributed by atoms with van der Waals surface area (Å²) in [5.74, 6) is -0.970. The number of carbonyl (C=O) groups excluding carboxylic acids is 1. The van der Waals surface area contributed by atoms with Crippen molar-refractivity contribution in [1.82, 2.24) is 4.90 Å². The quantitative estimate of drug-likeness (QED) is 0.822. The molecule has 0 radical (unpaired) electrons. The number of carboxylic acid groups (broad SMARTS) is 1. The first-order chi connectivity index (χ1) is 12.4. The Bertz CT molecular complexity index is 903. The lowest BCUT2D eigenvalue weighted by molar-refractivity contribution is -0.150. The number of hydrogen-bond donors (Lipinski definition) is 1. The first kappa shape index (κ1) is 18.0. The minimum atomic E-state index is -0.998. The first-order valence-corrected chi connectivity index (χ1v) is 8.67. The molecule has 7 heteroatoms. The molecule has 1 aliphatic rings. The molecule has 1 N–H and O–H groups in total. The number of fused-ring (bicyclic) bond motifs is 1. The summed E-state index contributed by atoms with van der Waals surface area (Å²) in [6.45, 7) is 3.95. The van der Waals surface area contributed by atoms with Crippen molar-refractivity contribution in [2.24, 2.45) is 0 Å². The van der Waals surface area contributed by atoms with Gasteiger partial charge in [0.1, 0.15) is 17.4 Å². The zero-order chi connectivity index (χ0) is 18.8. The average molecular weight is 359 g/mol. The first-order valence-electron chi connectivity index (χ1n) is 8.67. The second kappa shape index (κ2) is 7.19. The Balaban J connectivity index is 1.81. The summed E-state index contributed by atoms with van der Waals surface area (Å²) in [4.78, 5) is 36.8. The van der Waals surface area contributed by atoms with E-state index in [0.717, 1.165) is 10.9 Å². The molecule has 7 nitrogen and oxygen atoms in total. The second-order valence-corrected chi connectivity index (χ2v) is 6.39. The van der Waals surface area contributed by atoms with Crippen molar-refractivity contribution in [2.45, 2.75) is 45.3 Å². The van der Waals surface area contributed by atoms with Gasteiger partial charge in [-0.25, -0.2) is 9.59 Å². The van der Waals surface area contributed by atoms with E-state index in [2.05, 4.69) is 0 Å². The number of carbonyl (C=O) groups is 2. The van der Waals surface area contributed by atoms with Crippen molar-refractivity contribution < 1.29 is 23.8 Å². The van der Waals surface area contributed by atoms with Gasteiger partial charge in [-0.3, -0.25) is 4.79 Å². The highest BCUT2D eigenvalue weighted by Gasteiger charge is 2.36. The fraction of sp³-hybridized carbons (Fsp3) is 0.421. The average Bonchev–Trinajstić information content (AvgIpc) is 3.09. The molecule has 1 fully saturated rings. The third kappa shape index (κ3) is 3.42. The van der Waals surface area contributed by atoms with Gasteiger partial charge in [-0.2, -0.15) is 0 Å². The summed E-state index contributed by atoms with van der Waals surface area (Å²) >= 11 is 0. The van der Waals surface area contributed by atoms with E-state index in [4.69, 9.17) is 9.15 Å². The number of amides is 1. The molecule has 2 heterocycles. The van der Waals surface area contributed by atoms with Gasteiger partial charge in [0.15, 0.2) is 6.10 Å². The molecule has 0 bridgehead atoms. The molecule has 1 amide bonds. The molecule has 1 aromatic heterocycles. The number of likely N-dealkylation sites (tertiary alicyclic amines) is 1. The molecule has 1 unspecified atom stereocenters. The highest BCUT2D eigenvalue weighted by atomic mass is 16.5. The normalized spacial score (nSPS) is 18.1. The third-order valence-corrected chi connectivity index (χ3v) is 4.66. The molecule has 0 saturated carbocycles. The molecule has 0 spiro atoms. The van der Waals surface area contributed by atoms with Crippen molar-refractivity contribution in [1.29, 1.82) is 0 Å². The molecule has 2 aromatic rings. The fourth-order valence-electron chi connectivity index (χ4n) is 3.35. The number of nitrogens with zero attached hydrogens (tertiary/aromatic N) is 1. The van der Waals surface area contributed by atoms with Gasteiger partial charge in [-0.1, -0.05) is 6.92 Å². The maximum Gasteiger partial charge on any atom is 0.336 e. The fourth-order valence-corrected chi connectivity index (χ4v) is 3.35. The number of aliphatic carboxylic acids is 1. The van der Waals surface area contributed by atoms with E-state index in [1.54, 1.807) is 25.1 Å². The Morgan fingerprint density at radius 3 is 2.85 bits per heavy atom. The minimum Gasteiger partial charge on any atom is -0.481 e. The predicted molar refractivity (Wildman–Crippen MR) is 94.3 cm³/mol. The number of aryl methyl sites for hydroxylation is 1. The Morgan fingerprint density at radius 2 is 2.15 bits per heavy atom. The van der Waals surface area contributed by atoms with E-state index < -0.39 is 23.7 Å². The molecule has 1 aliphatic heterocycles. The van der Waals surface area contributed by atoms with Crippen LogP contribution in [-0.2, 0) is 16.0 Å². The van der Waals surface area contributed by atoms with Crippen LogP contribution in [0, 0.1) is 0 Å². The lowest BCUT2D eigenvalue weighted by Crippen LogP contribution is -2.46. The van der Waals surface area contributed by atoms with E-state index in [0.29, 0.717) is 37.1 Å². The standard InChI is InChI=1S/C19H21NO6/c1-3-12-9-17(21)26-16-10-13(6-7-14(12)16)25-11(2)18(22)20-8-4-5-15(20)19(23)24/h6-7,9-11,15H,3-5,8H2,1-2H3,(H,23,24)/t11?,15-/m1/s1. The van der Waals surface area contributed by atoms with E-state index in [1.165, 1.54) is 11.0 Å². The zero-order valence-corrected chi connectivity index (χ0v) is 14.7. The van der Waals surface area contributed by atoms with Gasteiger partial charge in [-0.15, -0.1) is 0 Å². The monoisotopic (exact) mass is 359 g/mol. The molecule has 0 aliphatic carbocycles.